The molecule has 1 aliphatic rings. The lowest BCUT2D eigenvalue weighted by molar-refractivity contribution is -0.132. The monoisotopic (exact) mass is 240 g/mol. The van der Waals surface area contributed by atoms with Crippen molar-refractivity contribution in [1.29, 1.82) is 0 Å². The van der Waals surface area contributed by atoms with E-state index >= 15 is 0 Å². The molecule has 3 heteroatoms. The third-order valence-corrected chi connectivity index (χ3v) is 4.09. The molecule has 2 N–H and O–H groups in total. The number of nitrogens with two attached hydrogens (primary N) is 1. The Hall–Kier alpha value is -0.570. The number of amides is 1. The lowest BCUT2D eigenvalue weighted by Gasteiger charge is -2.24. The molecule has 0 saturated carbocycles. The van der Waals surface area contributed by atoms with Gasteiger partial charge in [0.15, 0.2) is 0 Å². The molecule has 0 aromatic carbocycles. The average molecular weight is 240 g/mol. The molecule has 1 heterocycles. The summed E-state index contributed by atoms with van der Waals surface area (Å²) in [5.41, 5.74) is 5.58. The number of hydrogen-bond acceptors (Lipinski definition) is 2. The van der Waals surface area contributed by atoms with E-state index in [4.69, 9.17) is 5.73 Å². The predicted octanol–water partition coefficient (Wildman–Crippen LogP) is 2.54. The second kappa shape index (κ2) is 7.70. The minimum absolute atomic E-state index is 0.366. The van der Waals surface area contributed by atoms with Crippen molar-refractivity contribution in [2.24, 2.45) is 11.7 Å². The van der Waals surface area contributed by atoms with E-state index in [1.807, 2.05) is 0 Å². The van der Waals surface area contributed by atoms with Gasteiger partial charge in [-0.2, -0.15) is 0 Å². The Morgan fingerprint density at radius 3 is 2.76 bits per heavy atom. The van der Waals surface area contributed by atoms with Crippen molar-refractivity contribution in [3.8, 4) is 0 Å². The van der Waals surface area contributed by atoms with Crippen LogP contribution in [0.5, 0.6) is 0 Å². The first kappa shape index (κ1) is 14.5. The van der Waals surface area contributed by atoms with E-state index in [9.17, 15) is 4.79 Å². The normalized spacial score (nSPS) is 21.8. The third kappa shape index (κ3) is 4.30. The van der Waals surface area contributed by atoms with Crippen molar-refractivity contribution in [3.05, 3.63) is 0 Å². The van der Waals surface area contributed by atoms with Crippen molar-refractivity contribution < 1.29 is 4.79 Å². The molecule has 0 radical (unpaired) electrons. The fourth-order valence-electron chi connectivity index (χ4n) is 2.85. The van der Waals surface area contributed by atoms with E-state index in [0.717, 1.165) is 45.2 Å². The van der Waals surface area contributed by atoms with Crippen LogP contribution in [-0.2, 0) is 4.79 Å². The molecule has 2 atom stereocenters. The van der Waals surface area contributed by atoms with Crippen LogP contribution in [0, 0.1) is 5.92 Å². The van der Waals surface area contributed by atoms with E-state index in [1.54, 1.807) is 0 Å². The molecule has 100 valence electrons. The van der Waals surface area contributed by atoms with Crippen molar-refractivity contribution in [2.45, 2.75) is 64.8 Å². The zero-order valence-electron chi connectivity index (χ0n) is 11.5. The fourth-order valence-corrected chi connectivity index (χ4v) is 2.85. The lowest BCUT2D eigenvalue weighted by atomic mass is 9.96. The van der Waals surface area contributed by atoms with Crippen LogP contribution in [0.15, 0.2) is 0 Å². The molecular weight excluding hydrogens is 212 g/mol. The van der Waals surface area contributed by atoms with Crippen LogP contribution in [0.3, 0.4) is 0 Å². The van der Waals surface area contributed by atoms with Gasteiger partial charge < -0.3 is 10.6 Å². The first-order valence-corrected chi connectivity index (χ1v) is 7.22. The molecule has 0 aromatic heterocycles. The lowest BCUT2D eigenvalue weighted by Crippen LogP contribution is -2.35. The van der Waals surface area contributed by atoms with Crippen LogP contribution >= 0.6 is 0 Å². The van der Waals surface area contributed by atoms with Crippen LogP contribution in [0.2, 0.25) is 0 Å². The van der Waals surface area contributed by atoms with E-state index < -0.39 is 0 Å². The van der Waals surface area contributed by atoms with Crippen molar-refractivity contribution in [3.63, 3.8) is 0 Å². The summed E-state index contributed by atoms with van der Waals surface area (Å²) in [5.74, 6) is 0.997. The Bertz CT molecular complexity index is 230. The Labute approximate surface area is 106 Å². The highest BCUT2D eigenvalue weighted by atomic mass is 16.2. The highest BCUT2D eigenvalue weighted by Crippen LogP contribution is 2.22. The molecule has 2 unspecified atom stereocenters. The highest BCUT2D eigenvalue weighted by molar-refractivity contribution is 5.76. The van der Waals surface area contributed by atoms with Crippen LogP contribution in [0.4, 0.5) is 0 Å². The Morgan fingerprint density at radius 2 is 2.18 bits per heavy atom. The van der Waals surface area contributed by atoms with Gasteiger partial charge in [-0.1, -0.05) is 20.3 Å². The highest BCUT2D eigenvalue weighted by Gasteiger charge is 2.26. The molecule has 3 nitrogen and oxygen atoms in total. The van der Waals surface area contributed by atoms with Gasteiger partial charge in [0.2, 0.25) is 5.91 Å². The number of hydrogen-bond donors (Lipinski definition) is 1. The summed E-state index contributed by atoms with van der Waals surface area (Å²) in [5, 5.41) is 0. The second-order valence-electron chi connectivity index (χ2n) is 5.18. The molecule has 0 spiro atoms. The van der Waals surface area contributed by atoms with Gasteiger partial charge in [0, 0.05) is 19.0 Å². The molecule has 0 aliphatic carbocycles. The molecule has 1 fully saturated rings. The van der Waals surface area contributed by atoms with Crippen LogP contribution in [0.1, 0.15) is 58.8 Å². The van der Waals surface area contributed by atoms with E-state index in [0.29, 0.717) is 17.9 Å². The van der Waals surface area contributed by atoms with E-state index in [1.165, 1.54) is 12.8 Å². The number of rotatable bonds is 7. The van der Waals surface area contributed by atoms with E-state index in [2.05, 4.69) is 18.7 Å². The molecule has 0 bridgehead atoms. The van der Waals surface area contributed by atoms with Gasteiger partial charge >= 0.3 is 0 Å². The summed E-state index contributed by atoms with van der Waals surface area (Å²) < 4.78 is 0. The summed E-state index contributed by atoms with van der Waals surface area (Å²) in [6.07, 6.45) is 7.41. The standard InChI is InChI=1S/C14H28N2O/c1-3-12(9-10-15)7-8-14(17)16-11-5-6-13(16)4-2/h12-13H,3-11,15H2,1-2H3. The molecule has 0 aromatic rings. The minimum atomic E-state index is 0.366. The summed E-state index contributed by atoms with van der Waals surface area (Å²) in [6.45, 7) is 6.09. The van der Waals surface area contributed by atoms with Gasteiger partial charge in [-0.25, -0.2) is 0 Å². The molecule has 1 rings (SSSR count). The maximum Gasteiger partial charge on any atom is 0.222 e. The van der Waals surface area contributed by atoms with Gasteiger partial charge in [0.25, 0.3) is 0 Å². The zero-order valence-corrected chi connectivity index (χ0v) is 11.5. The molecule has 1 amide bonds. The SMILES string of the molecule is CCC(CCN)CCC(=O)N1CCCC1CC. The van der Waals surface area contributed by atoms with E-state index in [-0.39, 0.29) is 0 Å². The summed E-state index contributed by atoms with van der Waals surface area (Å²) >= 11 is 0. The first-order chi connectivity index (χ1) is 8.22. The van der Waals surface area contributed by atoms with Gasteiger partial charge in [-0.05, 0) is 44.6 Å². The van der Waals surface area contributed by atoms with Crippen LogP contribution < -0.4 is 5.73 Å². The quantitative estimate of drug-likeness (QED) is 0.743. The largest absolute Gasteiger partial charge is 0.340 e. The number of nitrogens with zero attached hydrogens (tertiary/aromatic N) is 1. The van der Waals surface area contributed by atoms with Crippen molar-refractivity contribution >= 4 is 5.91 Å². The molecule has 1 aliphatic heterocycles. The van der Waals surface area contributed by atoms with Crippen molar-refractivity contribution in [2.75, 3.05) is 13.1 Å². The molecular formula is C14H28N2O. The number of likely N-dealkylation sites (tertiary alicyclic amines) is 1. The second-order valence-corrected chi connectivity index (χ2v) is 5.18. The zero-order chi connectivity index (χ0) is 12.7. The Kier molecular flexibility index (Phi) is 6.56. The van der Waals surface area contributed by atoms with Crippen LogP contribution in [-0.4, -0.2) is 29.9 Å². The number of carbonyl (C=O) groups is 1. The Balaban J connectivity index is 2.33. The first-order valence-electron chi connectivity index (χ1n) is 7.22. The molecule has 17 heavy (non-hydrogen) atoms. The van der Waals surface area contributed by atoms with Gasteiger partial charge in [0.1, 0.15) is 0 Å². The summed E-state index contributed by atoms with van der Waals surface area (Å²) in [6, 6.07) is 0.511. The smallest absolute Gasteiger partial charge is 0.222 e. The topological polar surface area (TPSA) is 46.3 Å². The summed E-state index contributed by atoms with van der Waals surface area (Å²) in [7, 11) is 0. The third-order valence-electron chi connectivity index (χ3n) is 4.09. The van der Waals surface area contributed by atoms with Gasteiger partial charge in [-0.3, -0.25) is 4.79 Å². The maximum atomic E-state index is 12.1. The number of carbonyl (C=O) groups excluding carboxylic acids is 1. The fraction of sp³-hybridized carbons (Fsp3) is 0.929. The van der Waals surface area contributed by atoms with Gasteiger partial charge in [0.05, 0.1) is 0 Å². The van der Waals surface area contributed by atoms with Crippen molar-refractivity contribution in [1.82, 2.24) is 4.90 Å². The van der Waals surface area contributed by atoms with Gasteiger partial charge in [-0.15, -0.1) is 0 Å². The minimum Gasteiger partial charge on any atom is -0.340 e. The molecule has 1 saturated heterocycles. The van der Waals surface area contributed by atoms with Crippen LogP contribution in [0.25, 0.3) is 0 Å². The predicted molar refractivity (Wildman–Crippen MR) is 71.7 cm³/mol. The average Bonchev–Trinajstić information content (AvgIpc) is 2.82. The summed E-state index contributed by atoms with van der Waals surface area (Å²) in [4.78, 5) is 14.2. The Morgan fingerprint density at radius 1 is 1.41 bits per heavy atom. The maximum absolute atomic E-state index is 12.1.